The molecule has 0 bridgehead atoms. The van der Waals surface area contributed by atoms with Crippen LogP contribution in [0.15, 0.2) is 16.2 Å². The van der Waals surface area contributed by atoms with E-state index in [4.69, 9.17) is 5.73 Å². The molecule has 0 spiro atoms. The SMILES string of the molecule is CC#CC(=O)N[C@H]1CCCN(c2ncc(C(N)=O)c3c2=NC(=O)C(=O)N=3)C1. The van der Waals surface area contributed by atoms with Gasteiger partial charge in [0.15, 0.2) is 5.82 Å². The standard InChI is InChI=1S/C17H16N6O4/c1-2-4-11(24)20-9-5-3-6-23(8-9)15-13-12(10(7-19-15)14(18)25)21-16(26)17(27)22-13/h7,9H,3,5-6,8H2,1H3,(H2,18,25)(H,20,24)/t9-/m0/s1. The van der Waals surface area contributed by atoms with Gasteiger partial charge in [0.25, 0.3) is 11.8 Å². The Kier molecular flexibility index (Phi) is 4.94. The lowest BCUT2D eigenvalue weighted by atomic mass is 10.1. The van der Waals surface area contributed by atoms with E-state index in [1.165, 1.54) is 6.20 Å². The highest BCUT2D eigenvalue weighted by molar-refractivity contribution is 6.36. The maximum Gasteiger partial charge on any atom is 0.338 e. The number of anilines is 1. The second-order valence-electron chi connectivity index (χ2n) is 6.02. The van der Waals surface area contributed by atoms with Crippen LogP contribution in [0.25, 0.3) is 0 Å². The highest BCUT2D eigenvalue weighted by Crippen LogP contribution is 2.15. The van der Waals surface area contributed by atoms with E-state index in [0.717, 1.165) is 12.8 Å². The molecule has 2 aliphatic heterocycles. The number of amides is 4. The number of primary amides is 1. The van der Waals surface area contributed by atoms with Crippen molar-refractivity contribution in [2.75, 3.05) is 18.0 Å². The van der Waals surface area contributed by atoms with Crippen molar-refractivity contribution in [3.63, 3.8) is 0 Å². The average molecular weight is 368 g/mol. The van der Waals surface area contributed by atoms with Crippen LogP contribution in [0.2, 0.25) is 0 Å². The quantitative estimate of drug-likeness (QED) is 0.449. The van der Waals surface area contributed by atoms with Crippen LogP contribution < -0.4 is 26.7 Å². The minimum absolute atomic E-state index is 0.0382. The zero-order chi connectivity index (χ0) is 19.6. The molecule has 10 heteroatoms. The molecule has 0 saturated carbocycles. The molecule has 1 atom stereocenters. The molecule has 0 aliphatic carbocycles. The number of hydrogen-bond donors (Lipinski definition) is 2. The summed E-state index contributed by atoms with van der Waals surface area (Å²) >= 11 is 0. The van der Waals surface area contributed by atoms with E-state index in [2.05, 4.69) is 32.1 Å². The first-order valence-corrected chi connectivity index (χ1v) is 8.23. The second-order valence-corrected chi connectivity index (χ2v) is 6.02. The third-order valence-electron chi connectivity index (χ3n) is 4.18. The van der Waals surface area contributed by atoms with Crippen LogP contribution >= 0.6 is 0 Å². The lowest BCUT2D eigenvalue weighted by molar-refractivity contribution is -0.135. The Hall–Kier alpha value is -3.61. The van der Waals surface area contributed by atoms with Gasteiger partial charge in [0.1, 0.15) is 10.7 Å². The minimum Gasteiger partial charge on any atom is -0.365 e. The van der Waals surface area contributed by atoms with Crippen molar-refractivity contribution < 1.29 is 19.2 Å². The Morgan fingerprint density at radius 1 is 1.26 bits per heavy atom. The maximum absolute atomic E-state index is 11.7. The van der Waals surface area contributed by atoms with Gasteiger partial charge < -0.3 is 16.0 Å². The Bertz CT molecular complexity index is 1040. The molecule has 3 rings (SSSR count). The third-order valence-corrected chi connectivity index (χ3v) is 4.18. The summed E-state index contributed by atoms with van der Waals surface area (Å²) in [7, 11) is 0. The number of nitrogens with two attached hydrogens (primary N) is 1. The molecule has 1 saturated heterocycles. The molecule has 1 aromatic heterocycles. The molecule has 0 unspecified atom stereocenters. The normalized spacial score (nSPS) is 18.4. The summed E-state index contributed by atoms with van der Waals surface area (Å²) in [5, 5.41) is 2.80. The van der Waals surface area contributed by atoms with Gasteiger partial charge in [-0.1, -0.05) is 5.92 Å². The summed E-state index contributed by atoms with van der Waals surface area (Å²) in [6.07, 6.45) is 2.72. The van der Waals surface area contributed by atoms with Crippen molar-refractivity contribution in [1.29, 1.82) is 0 Å². The highest BCUT2D eigenvalue weighted by atomic mass is 16.2. The molecule has 3 heterocycles. The van der Waals surface area contributed by atoms with E-state index in [9.17, 15) is 19.2 Å². The maximum atomic E-state index is 11.7. The fourth-order valence-electron chi connectivity index (χ4n) is 3.03. The Morgan fingerprint density at radius 2 is 1.96 bits per heavy atom. The Morgan fingerprint density at radius 3 is 2.63 bits per heavy atom. The number of fused-ring (bicyclic) bond motifs is 1. The van der Waals surface area contributed by atoms with E-state index in [-0.39, 0.29) is 28.2 Å². The summed E-state index contributed by atoms with van der Waals surface area (Å²) in [6.45, 7) is 2.58. The van der Waals surface area contributed by atoms with Gasteiger partial charge in [-0.15, -0.1) is 0 Å². The van der Waals surface area contributed by atoms with Crippen molar-refractivity contribution in [3.05, 3.63) is 22.5 Å². The van der Waals surface area contributed by atoms with E-state index < -0.39 is 17.7 Å². The van der Waals surface area contributed by atoms with Crippen LogP contribution in [0.5, 0.6) is 0 Å². The number of rotatable bonds is 3. The van der Waals surface area contributed by atoms with Crippen LogP contribution in [0.4, 0.5) is 5.82 Å². The van der Waals surface area contributed by atoms with Gasteiger partial charge in [0.05, 0.1) is 5.56 Å². The first kappa shape index (κ1) is 18.2. The zero-order valence-corrected chi connectivity index (χ0v) is 14.5. The van der Waals surface area contributed by atoms with Crippen LogP contribution in [0, 0.1) is 11.8 Å². The van der Waals surface area contributed by atoms with Crippen LogP contribution in [-0.4, -0.2) is 47.7 Å². The summed E-state index contributed by atoms with van der Waals surface area (Å²) in [6, 6.07) is -0.168. The van der Waals surface area contributed by atoms with Gasteiger partial charge >= 0.3 is 11.8 Å². The van der Waals surface area contributed by atoms with Crippen molar-refractivity contribution in [2.45, 2.75) is 25.8 Å². The summed E-state index contributed by atoms with van der Waals surface area (Å²) in [5.41, 5.74) is 5.22. The summed E-state index contributed by atoms with van der Waals surface area (Å²) in [4.78, 5) is 60.0. The number of pyridine rings is 1. The molecular formula is C17H16N6O4. The predicted molar refractivity (Wildman–Crippen MR) is 91.9 cm³/mol. The number of nitrogens with one attached hydrogen (secondary N) is 1. The molecular weight excluding hydrogens is 352 g/mol. The van der Waals surface area contributed by atoms with Gasteiger partial charge in [-0.2, -0.15) is 4.99 Å². The van der Waals surface area contributed by atoms with E-state index in [0.29, 0.717) is 18.9 Å². The van der Waals surface area contributed by atoms with Crippen LogP contribution in [0.3, 0.4) is 0 Å². The van der Waals surface area contributed by atoms with Crippen molar-refractivity contribution >= 4 is 29.4 Å². The Labute approximate surface area is 153 Å². The molecule has 0 radical (unpaired) electrons. The van der Waals surface area contributed by atoms with Crippen LogP contribution in [0.1, 0.15) is 30.1 Å². The molecule has 0 aromatic carbocycles. The molecule has 4 amide bonds. The average Bonchev–Trinajstić information content (AvgIpc) is 2.62. The first-order valence-electron chi connectivity index (χ1n) is 8.23. The smallest absolute Gasteiger partial charge is 0.338 e. The monoisotopic (exact) mass is 368 g/mol. The number of piperidine rings is 1. The molecule has 1 aromatic rings. The van der Waals surface area contributed by atoms with Crippen LogP contribution in [-0.2, 0) is 14.4 Å². The molecule has 1 fully saturated rings. The molecule has 3 N–H and O–H groups in total. The molecule has 2 aliphatic rings. The second kappa shape index (κ2) is 7.33. The van der Waals surface area contributed by atoms with Gasteiger partial charge in [0, 0.05) is 25.3 Å². The number of aromatic nitrogens is 1. The number of nitrogens with zero attached hydrogens (tertiary/aromatic N) is 4. The molecule has 27 heavy (non-hydrogen) atoms. The lowest BCUT2D eigenvalue weighted by Gasteiger charge is -2.33. The van der Waals surface area contributed by atoms with E-state index in [1.54, 1.807) is 6.92 Å². The topological polar surface area (TPSA) is 147 Å². The minimum atomic E-state index is -1.07. The van der Waals surface area contributed by atoms with Crippen molar-refractivity contribution in [2.24, 2.45) is 15.7 Å². The fourth-order valence-corrected chi connectivity index (χ4v) is 3.03. The third kappa shape index (κ3) is 3.67. The summed E-state index contributed by atoms with van der Waals surface area (Å²) in [5.74, 6) is 1.97. The number of carbonyl (C=O) groups excluding carboxylic acids is 4. The Balaban J connectivity index is 2.00. The predicted octanol–water partition coefficient (Wildman–Crippen LogP) is -2.41. The highest BCUT2D eigenvalue weighted by Gasteiger charge is 2.27. The van der Waals surface area contributed by atoms with Gasteiger partial charge in [0.2, 0.25) is 0 Å². The molecule has 10 nitrogen and oxygen atoms in total. The van der Waals surface area contributed by atoms with Crippen molar-refractivity contribution in [1.82, 2.24) is 10.3 Å². The number of carbonyl (C=O) groups is 4. The van der Waals surface area contributed by atoms with Gasteiger partial charge in [-0.25, -0.2) is 9.98 Å². The van der Waals surface area contributed by atoms with E-state index in [1.807, 2.05) is 4.90 Å². The van der Waals surface area contributed by atoms with Gasteiger partial charge in [-0.3, -0.25) is 19.2 Å². The van der Waals surface area contributed by atoms with Crippen molar-refractivity contribution in [3.8, 4) is 11.8 Å². The zero-order valence-electron chi connectivity index (χ0n) is 14.5. The first-order chi connectivity index (χ1) is 12.9. The fraction of sp³-hybridized carbons (Fsp3) is 0.353. The van der Waals surface area contributed by atoms with E-state index >= 15 is 0 Å². The summed E-state index contributed by atoms with van der Waals surface area (Å²) < 4.78 is 0. The lowest BCUT2D eigenvalue weighted by Crippen LogP contribution is -2.51. The van der Waals surface area contributed by atoms with Gasteiger partial charge in [-0.05, 0) is 25.7 Å². The molecule has 138 valence electrons. The number of hydrogen-bond acceptors (Lipinski definition) is 6. The largest absolute Gasteiger partial charge is 0.365 e.